The van der Waals surface area contributed by atoms with Crippen LogP contribution >= 0.6 is 11.3 Å². The first-order valence-electron chi connectivity index (χ1n) is 5.11. The Labute approximate surface area is 95.1 Å². The second kappa shape index (κ2) is 6.05. The highest BCUT2D eigenvalue weighted by molar-refractivity contribution is 7.15. The molecular formula is C10H19N3OS. The van der Waals surface area contributed by atoms with Gasteiger partial charge in [-0.25, -0.2) is 4.98 Å². The minimum Gasteiger partial charge on any atom is -0.377 e. The van der Waals surface area contributed by atoms with Crippen molar-refractivity contribution in [2.24, 2.45) is 5.73 Å². The van der Waals surface area contributed by atoms with E-state index in [0.717, 1.165) is 23.2 Å². The lowest BCUT2D eigenvalue weighted by atomic mass is 10.5. The van der Waals surface area contributed by atoms with Gasteiger partial charge in [0.2, 0.25) is 0 Å². The van der Waals surface area contributed by atoms with Crippen LogP contribution in [0.2, 0.25) is 0 Å². The molecule has 2 N–H and O–H groups in total. The van der Waals surface area contributed by atoms with Crippen LogP contribution in [0, 0.1) is 0 Å². The van der Waals surface area contributed by atoms with Gasteiger partial charge in [0.25, 0.3) is 0 Å². The number of hydrogen-bond acceptors (Lipinski definition) is 5. The predicted octanol–water partition coefficient (Wildman–Crippen LogP) is 1.46. The summed E-state index contributed by atoms with van der Waals surface area (Å²) in [5, 5.41) is 1.00. The van der Waals surface area contributed by atoms with Gasteiger partial charge in [-0.2, -0.15) is 0 Å². The third kappa shape index (κ3) is 4.15. The highest BCUT2D eigenvalue weighted by Crippen LogP contribution is 2.20. The van der Waals surface area contributed by atoms with Crippen LogP contribution in [-0.2, 0) is 11.3 Å². The van der Waals surface area contributed by atoms with E-state index in [9.17, 15) is 0 Å². The molecule has 0 saturated heterocycles. The number of thiazole rings is 1. The van der Waals surface area contributed by atoms with Crippen LogP contribution in [0.4, 0.5) is 5.13 Å². The van der Waals surface area contributed by atoms with Crippen molar-refractivity contribution >= 4 is 16.5 Å². The Morgan fingerprint density at radius 2 is 2.33 bits per heavy atom. The number of anilines is 1. The van der Waals surface area contributed by atoms with Crippen LogP contribution in [0.3, 0.4) is 0 Å². The van der Waals surface area contributed by atoms with E-state index in [2.05, 4.69) is 9.88 Å². The molecule has 4 nitrogen and oxygen atoms in total. The van der Waals surface area contributed by atoms with Gasteiger partial charge in [0.15, 0.2) is 5.13 Å². The molecule has 86 valence electrons. The molecule has 0 amide bonds. The van der Waals surface area contributed by atoms with E-state index in [4.69, 9.17) is 10.5 Å². The molecule has 0 aliphatic rings. The summed E-state index contributed by atoms with van der Waals surface area (Å²) in [6.45, 7) is 6.22. The van der Waals surface area contributed by atoms with Crippen LogP contribution in [0.15, 0.2) is 6.20 Å². The number of nitrogens with two attached hydrogens (primary N) is 1. The van der Waals surface area contributed by atoms with Crippen LogP contribution in [-0.4, -0.2) is 31.3 Å². The molecule has 0 saturated carbocycles. The summed E-state index contributed by atoms with van der Waals surface area (Å²) in [5.41, 5.74) is 5.53. The van der Waals surface area contributed by atoms with Gasteiger partial charge < -0.3 is 15.4 Å². The lowest BCUT2D eigenvalue weighted by Gasteiger charge is -2.16. The average Bonchev–Trinajstić information content (AvgIpc) is 2.65. The quantitative estimate of drug-likeness (QED) is 0.802. The largest absolute Gasteiger partial charge is 0.377 e. The van der Waals surface area contributed by atoms with Crippen LogP contribution in [0.5, 0.6) is 0 Å². The Morgan fingerprint density at radius 3 is 2.87 bits per heavy atom. The van der Waals surface area contributed by atoms with Gasteiger partial charge in [-0.3, -0.25) is 0 Å². The summed E-state index contributed by atoms with van der Waals surface area (Å²) < 4.78 is 5.48. The molecule has 0 bridgehead atoms. The van der Waals surface area contributed by atoms with Gasteiger partial charge >= 0.3 is 0 Å². The van der Waals surface area contributed by atoms with Gasteiger partial charge in [-0.05, 0) is 13.8 Å². The molecule has 0 aliphatic heterocycles. The Bertz CT molecular complexity index is 288. The van der Waals surface area contributed by atoms with Gasteiger partial charge in [-0.1, -0.05) is 0 Å². The number of ether oxygens (including phenoxy) is 1. The number of likely N-dealkylation sites (N-methyl/N-ethyl adjacent to an activating group) is 1. The number of rotatable bonds is 6. The maximum Gasteiger partial charge on any atom is 0.185 e. The van der Waals surface area contributed by atoms with Crippen LogP contribution in [0.25, 0.3) is 0 Å². The highest BCUT2D eigenvalue weighted by atomic mass is 32.1. The van der Waals surface area contributed by atoms with E-state index < -0.39 is 0 Å². The van der Waals surface area contributed by atoms with Crippen molar-refractivity contribution in [1.29, 1.82) is 0 Å². The van der Waals surface area contributed by atoms with Crippen molar-refractivity contribution < 1.29 is 4.74 Å². The minimum absolute atomic E-state index is 0.286. The van der Waals surface area contributed by atoms with Crippen molar-refractivity contribution in [2.75, 3.05) is 25.1 Å². The summed E-state index contributed by atoms with van der Waals surface area (Å²) >= 11 is 1.63. The fourth-order valence-corrected chi connectivity index (χ4v) is 1.86. The summed E-state index contributed by atoms with van der Waals surface area (Å²) in [6, 6.07) is 0. The molecule has 1 rings (SSSR count). The summed E-state index contributed by atoms with van der Waals surface area (Å²) in [4.78, 5) is 7.50. The number of nitrogens with zero attached hydrogens (tertiary/aromatic N) is 2. The molecule has 15 heavy (non-hydrogen) atoms. The maximum absolute atomic E-state index is 5.53. The molecule has 5 heteroatoms. The molecule has 0 unspecified atom stereocenters. The van der Waals surface area contributed by atoms with Crippen molar-refractivity contribution in [3.63, 3.8) is 0 Å². The normalized spacial score (nSPS) is 11.0. The maximum atomic E-state index is 5.53. The molecule has 0 atom stereocenters. The topological polar surface area (TPSA) is 51.4 Å². The fraction of sp³-hybridized carbons (Fsp3) is 0.700. The van der Waals surface area contributed by atoms with Crippen molar-refractivity contribution in [3.8, 4) is 0 Å². The molecular weight excluding hydrogens is 210 g/mol. The first kappa shape index (κ1) is 12.4. The summed E-state index contributed by atoms with van der Waals surface area (Å²) in [5.74, 6) is 0. The first-order chi connectivity index (χ1) is 7.13. The second-order valence-corrected chi connectivity index (χ2v) is 4.75. The van der Waals surface area contributed by atoms with Crippen LogP contribution < -0.4 is 10.6 Å². The zero-order valence-corrected chi connectivity index (χ0v) is 10.4. The molecule has 1 aromatic rings. The van der Waals surface area contributed by atoms with E-state index in [0.29, 0.717) is 6.54 Å². The minimum atomic E-state index is 0.286. The first-order valence-corrected chi connectivity index (χ1v) is 5.92. The van der Waals surface area contributed by atoms with E-state index in [1.54, 1.807) is 11.3 Å². The third-order valence-electron chi connectivity index (χ3n) is 1.95. The Kier molecular flexibility index (Phi) is 5.01. The summed E-state index contributed by atoms with van der Waals surface area (Å²) in [6.07, 6.45) is 2.12. The van der Waals surface area contributed by atoms with Crippen LogP contribution in [0.1, 0.15) is 18.7 Å². The average molecular weight is 229 g/mol. The lowest BCUT2D eigenvalue weighted by molar-refractivity contribution is 0.0846. The number of hydrogen-bond donors (Lipinski definition) is 1. The van der Waals surface area contributed by atoms with Crippen molar-refractivity contribution in [3.05, 3.63) is 11.1 Å². The fourth-order valence-electron chi connectivity index (χ4n) is 1.09. The molecule has 0 fully saturated rings. The van der Waals surface area contributed by atoms with E-state index >= 15 is 0 Å². The van der Waals surface area contributed by atoms with Gasteiger partial charge in [0.1, 0.15) is 0 Å². The second-order valence-electron chi connectivity index (χ2n) is 3.65. The van der Waals surface area contributed by atoms with E-state index in [1.165, 1.54) is 0 Å². The highest BCUT2D eigenvalue weighted by Gasteiger charge is 2.06. The van der Waals surface area contributed by atoms with Gasteiger partial charge in [0.05, 0.1) is 12.7 Å². The lowest BCUT2D eigenvalue weighted by Crippen LogP contribution is -2.23. The smallest absolute Gasteiger partial charge is 0.185 e. The number of aromatic nitrogens is 1. The predicted molar refractivity (Wildman–Crippen MR) is 64.4 cm³/mol. The van der Waals surface area contributed by atoms with Crippen molar-refractivity contribution in [1.82, 2.24) is 4.98 Å². The van der Waals surface area contributed by atoms with E-state index in [1.807, 2.05) is 27.1 Å². The monoisotopic (exact) mass is 229 g/mol. The summed E-state index contributed by atoms with van der Waals surface area (Å²) in [7, 11) is 2.02. The van der Waals surface area contributed by atoms with Crippen molar-refractivity contribution in [2.45, 2.75) is 26.5 Å². The molecule has 1 aromatic heterocycles. The molecule has 0 aromatic carbocycles. The zero-order chi connectivity index (χ0) is 11.3. The molecule has 0 radical (unpaired) electrons. The Morgan fingerprint density at radius 1 is 1.60 bits per heavy atom. The Hall–Kier alpha value is -0.650. The zero-order valence-electron chi connectivity index (χ0n) is 9.56. The third-order valence-corrected chi connectivity index (χ3v) is 3.08. The standard InChI is InChI=1S/C10H19N3OS/c1-8(2)14-5-4-13(3)10-12-7-9(6-11)15-10/h7-8H,4-6,11H2,1-3H3. The molecule has 0 spiro atoms. The van der Waals surface area contributed by atoms with Gasteiger partial charge in [0, 0.05) is 31.2 Å². The van der Waals surface area contributed by atoms with Gasteiger partial charge in [-0.15, -0.1) is 11.3 Å². The van der Waals surface area contributed by atoms with E-state index in [-0.39, 0.29) is 6.10 Å². The Balaban J connectivity index is 2.36. The SMILES string of the molecule is CC(C)OCCN(C)c1ncc(CN)s1. The molecule has 0 aliphatic carbocycles. The molecule has 1 heterocycles.